The molecule has 0 aliphatic carbocycles. The lowest BCUT2D eigenvalue weighted by Gasteiger charge is -2.38. The van der Waals surface area contributed by atoms with E-state index in [1.165, 1.54) is 13.8 Å². The molecule has 0 bridgehead atoms. The van der Waals surface area contributed by atoms with Crippen molar-refractivity contribution in [2.75, 3.05) is 0 Å². The number of rotatable bonds is 6. The molecule has 0 saturated carbocycles. The zero-order valence-corrected chi connectivity index (χ0v) is 13.8. The van der Waals surface area contributed by atoms with Gasteiger partial charge in [-0.15, -0.1) is 0 Å². The highest BCUT2D eigenvalue weighted by Gasteiger charge is 2.48. The lowest BCUT2D eigenvalue weighted by atomic mass is 9.85. The van der Waals surface area contributed by atoms with Crippen LogP contribution in [-0.2, 0) is 4.57 Å². The van der Waals surface area contributed by atoms with E-state index in [-0.39, 0.29) is 12.8 Å². The number of alkyl halides is 6. The van der Waals surface area contributed by atoms with Crippen molar-refractivity contribution < 1.29 is 45.6 Å². The van der Waals surface area contributed by atoms with Crippen LogP contribution in [0.1, 0.15) is 46.5 Å². The van der Waals surface area contributed by atoms with Gasteiger partial charge in [-0.05, 0) is 6.42 Å². The van der Waals surface area contributed by atoms with Crippen LogP contribution in [0.2, 0.25) is 0 Å². The van der Waals surface area contributed by atoms with Gasteiger partial charge in [-0.2, -0.15) is 26.3 Å². The third-order valence-corrected chi connectivity index (χ3v) is 2.40. The quantitative estimate of drug-likeness (QED) is 0.420. The molecule has 0 aromatic rings. The Labute approximate surface area is 130 Å². The van der Waals surface area contributed by atoms with Crippen LogP contribution in [0.5, 0.6) is 0 Å². The third kappa shape index (κ3) is 19.6. The molecule has 0 radical (unpaired) electrons. The van der Waals surface area contributed by atoms with Crippen LogP contribution < -0.4 is 5.32 Å². The number of halogens is 6. The summed E-state index contributed by atoms with van der Waals surface area (Å²) < 4.78 is 83.8. The van der Waals surface area contributed by atoms with Crippen LogP contribution in [0, 0.1) is 0 Å². The van der Waals surface area contributed by atoms with Crippen LogP contribution in [0.4, 0.5) is 26.3 Å². The molecule has 0 aromatic carbocycles. The van der Waals surface area contributed by atoms with Gasteiger partial charge in [-0.25, -0.2) is 4.57 Å². The standard InChI is InChI=1S/C11H19F6N.H3O4P/c1-4-5-9(18-8(2)3,6-10(12,13)14)7-11(15,16)17;1-5(2,3)4/h8,18H,4-7H2,1-3H3;(H3,1,2,3,4). The monoisotopic (exact) mass is 377 g/mol. The fourth-order valence-corrected chi connectivity index (χ4v) is 2.27. The van der Waals surface area contributed by atoms with E-state index in [9.17, 15) is 26.3 Å². The summed E-state index contributed by atoms with van der Waals surface area (Å²) >= 11 is 0. The molecule has 12 heteroatoms. The molecule has 23 heavy (non-hydrogen) atoms. The van der Waals surface area contributed by atoms with Crippen molar-refractivity contribution in [1.82, 2.24) is 5.32 Å². The van der Waals surface area contributed by atoms with Crippen molar-refractivity contribution >= 4 is 7.82 Å². The van der Waals surface area contributed by atoms with Crippen molar-refractivity contribution in [3.8, 4) is 0 Å². The van der Waals surface area contributed by atoms with Gasteiger partial charge in [0.25, 0.3) is 0 Å². The Kier molecular flexibility index (Phi) is 9.98. The zero-order valence-electron chi connectivity index (χ0n) is 12.9. The molecule has 0 amide bonds. The summed E-state index contributed by atoms with van der Waals surface area (Å²) in [5.74, 6) is 0. The van der Waals surface area contributed by atoms with Gasteiger partial charge >= 0.3 is 20.2 Å². The first kappa shape index (κ1) is 24.9. The van der Waals surface area contributed by atoms with Crippen LogP contribution in [0.3, 0.4) is 0 Å². The maximum absolute atomic E-state index is 12.5. The molecule has 0 spiro atoms. The maximum atomic E-state index is 12.5. The molecule has 0 aromatic heterocycles. The Morgan fingerprint density at radius 1 is 0.957 bits per heavy atom. The molecule has 0 atom stereocenters. The molecule has 0 heterocycles. The van der Waals surface area contributed by atoms with Crippen molar-refractivity contribution in [2.45, 2.75) is 70.4 Å². The zero-order chi connectivity index (χ0) is 19.1. The summed E-state index contributed by atoms with van der Waals surface area (Å²) in [7, 11) is -4.64. The Bertz CT molecular complexity index is 355. The van der Waals surface area contributed by atoms with Crippen molar-refractivity contribution in [2.24, 2.45) is 0 Å². The predicted octanol–water partition coefficient (Wildman–Crippen LogP) is 3.50. The first-order valence-electron chi connectivity index (χ1n) is 6.58. The van der Waals surface area contributed by atoms with Gasteiger partial charge in [0.05, 0.1) is 12.8 Å². The molecule has 142 valence electrons. The maximum Gasteiger partial charge on any atom is 0.466 e. The molecule has 4 N–H and O–H groups in total. The van der Waals surface area contributed by atoms with Crippen molar-refractivity contribution in [3.63, 3.8) is 0 Å². The molecule has 5 nitrogen and oxygen atoms in total. The van der Waals surface area contributed by atoms with Gasteiger partial charge in [0.1, 0.15) is 0 Å². The normalized spacial score (nSPS) is 13.8. The highest BCUT2D eigenvalue weighted by molar-refractivity contribution is 7.45. The van der Waals surface area contributed by atoms with Gasteiger partial charge in [0, 0.05) is 11.6 Å². The molecular weight excluding hydrogens is 355 g/mol. The lowest BCUT2D eigenvalue weighted by molar-refractivity contribution is -0.184. The number of phosphoric acid groups is 1. The molecule has 0 rings (SSSR count). The van der Waals surface area contributed by atoms with Crippen LogP contribution >= 0.6 is 7.82 Å². The van der Waals surface area contributed by atoms with Crippen molar-refractivity contribution in [3.05, 3.63) is 0 Å². The van der Waals surface area contributed by atoms with E-state index >= 15 is 0 Å². The molecule has 0 saturated heterocycles. The molecule has 0 unspecified atom stereocenters. The smallest absolute Gasteiger partial charge is 0.308 e. The van der Waals surface area contributed by atoms with Gasteiger partial charge in [-0.1, -0.05) is 27.2 Å². The SMILES string of the molecule is CCCC(CC(F)(F)F)(CC(F)(F)F)NC(C)C.O=P(O)(O)O. The second-order valence-electron chi connectivity index (χ2n) is 5.43. The second kappa shape index (κ2) is 9.22. The molecule has 0 fully saturated rings. The molecule has 0 aliphatic heterocycles. The summed E-state index contributed by atoms with van der Waals surface area (Å²) in [6, 6.07) is -0.443. The third-order valence-electron chi connectivity index (χ3n) is 2.40. The fraction of sp³-hybridized carbons (Fsp3) is 1.00. The average molecular weight is 377 g/mol. The van der Waals surface area contributed by atoms with Gasteiger partial charge < -0.3 is 20.0 Å². The van der Waals surface area contributed by atoms with Gasteiger partial charge in [0.2, 0.25) is 0 Å². The van der Waals surface area contributed by atoms with E-state index in [1.807, 2.05) is 0 Å². The van der Waals surface area contributed by atoms with Crippen LogP contribution in [0.15, 0.2) is 0 Å². The fourth-order valence-electron chi connectivity index (χ4n) is 2.27. The van der Waals surface area contributed by atoms with E-state index < -0.39 is 44.6 Å². The lowest BCUT2D eigenvalue weighted by Crippen LogP contribution is -2.53. The number of nitrogens with one attached hydrogen (secondary N) is 1. The topological polar surface area (TPSA) is 89.8 Å². The first-order chi connectivity index (χ1) is 9.89. The van der Waals surface area contributed by atoms with E-state index in [2.05, 4.69) is 5.32 Å². The summed E-state index contributed by atoms with van der Waals surface area (Å²) in [4.78, 5) is 21.6. The number of hydrogen-bond acceptors (Lipinski definition) is 2. The summed E-state index contributed by atoms with van der Waals surface area (Å²) in [6.45, 7) is 4.65. The molecular formula is C11H22F6NO4P. The van der Waals surface area contributed by atoms with E-state index in [0.29, 0.717) is 0 Å². The van der Waals surface area contributed by atoms with Gasteiger partial charge in [-0.3, -0.25) is 0 Å². The Balaban J connectivity index is 0. The Morgan fingerprint density at radius 2 is 1.26 bits per heavy atom. The minimum absolute atomic E-state index is 0.163. The summed E-state index contributed by atoms with van der Waals surface area (Å²) in [5.41, 5.74) is -1.96. The van der Waals surface area contributed by atoms with Crippen LogP contribution in [-0.4, -0.2) is 38.6 Å². The number of hydrogen-bond donors (Lipinski definition) is 4. The highest BCUT2D eigenvalue weighted by Crippen LogP contribution is 2.38. The Morgan fingerprint density at radius 3 is 1.43 bits per heavy atom. The van der Waals surface area contributed by atoms with E-state index in [0.717, 1.165) is 0 Å². The minimum Gasteiger partial charge on any atom is -0.308 e. The van der Waals surface area contributed by atoms with E-state index in [1.54, 1.807) is 6.92 Å². The van der Waals surface area contributed by atoms with Crippen LogP contribution in [0.25, 0.3) is 0 Å². The minimum atomic E-state index is -4.64. The summed E-state index contributed by atoms with van der Waals surface area (Å²) in [6.07, 6.45) is -12.1. The van der Waals surface area contributed by atoms with E-state index in [4.69, 9.17) is 19.2 Å². The van der Waals surface area contributed by atoms with Gasteiger partial charge in [0.15, 0.2) is 0 Å². The average Bonchev–Trinajstić information content (AvgIpc) is 2.05. The highest BCUT2D eigenvalue weighted by atomic mass is 31.2. The first-order valence-corrected chi connectivity index (χ1v) is 8.15. The second-order valence-corrected chi connectivity index (χ2v) is 6.45. The Hall–Kier alpha value is -0.350. The molecule has 0 aliphatic rings. The largest absolute Gasteiger partial charge is 0.466 e. The predicted molar refractivity (Wildman–Crippen MR) is 71.5 cm³/mol. The van der Waals surface area contributed by atoms with Crippen molar-refractivity contribution in [1.29, 1.82) is 0 Å². The summed E-state index contributed by atoms with van der Waals surface area (Å²) in [5, 5.41) is 2.47.